The summed E-state index contributed by atoms with van der Waals surface area (Å²) in [5, 5.41) is 12.3. The average molecular weight is 230 g/mol. The van der Waals surface area contributed by atoms with Gasteiger partial charge in [0.1, 0.15) is 0 Å². The van der Waals surface area contributed by atoms with Crippen LogP contribution in [0.25, 0.3) is 0 Å². The Morgan fingerprint density at radius 2 is 2.06 bits per heavy atom. The molecule has 0 aromatic heterocycles. The molecule has 0 radical (unpaired) electrons. The lowest BCUT2D eigenvalue weighted by atomic mass is 9.89. The Labute approximate surface area is 105 Å². The topological polar surface area (TPSA) is 35.8 Å². The van der Waals surface area contributed by atoms with E-state index in [4.69, 9.17) is 5.26 Å². The minimum absolute atomic E-state index is 0.177. The summed E-state index contributed by atoms with van der Waals surface area (Å²) in [7, 11) is 0. The summed E-state index contributed by atoms with van der Waals surface area (Å²) in [6.45, 7) is 7.08. The molecule has 0 heterocycles. The monoisotopic (exact) mass is 230 g/mol. The number of nitriles is 1. The molecule has 0 atom stereocenters. The van der Waals surface area contributed by atoms with Gasteiger partial charge in [-0.1, -0.05) is 18.6 Å². The Hall–Kier alpha value is -1.49. The molecule has 0 aliphatic heterocycles. The predicted octanol–water partition coefficient (Wildman–Crippen LogP) is 4.13. The van der Waals surface area contributed by atoms with Crippen LogP contribution in [0.1, 0.15) is 38.7 Å². The highest BCUT2D eigenvalue weighted by Gasteiger charge is 2.15. The van der Waals surface area contributed by atoms with E-state index in [0.717, 1.165) is 25.8 Å². The van der Waals surface area contributed by atoms with Gasteiger partial charge in [0.05, 0.1) is 11.5 Å². The van der Waals surface area contributed by atoms with E-state index >= 15 is 0 Å². The van der Waals surface area contributed by atoms with Crippen molar-refractivity contribution in [2.24, 2.45) is 5.41 Å². The number of anilines is 1. The van der Waals surface area contributed by atoms with Crippen LogP contribution in [-0.4, -0.2) is 6.54 Å². The molecular weight excluding hydrogens is 208 g/mol. The zero-order chi connectivity index (χ0) is 12.7. The van der Waals surface area contributed by atoms with E-state index < -0.39 is 0 Å². The highest BCUT2D eigenvalue weighted by molar-refractivity contribution is 5.45. The van der Waals surface area contributed by atoms with Crippen molar-refractivity contribution in [3.8, 4) is 6.07 Å². The molecule has 0 spiro atoms. The van der Waals surface area contributed by atoms with Gasteiger partial charge in [0.25, 0.3) is 0 Å². The summed E-state index contributed by atoms with van der Waals surface area (Å²) < 4.78 is 0. The first-order chi connectivity index (χ1) is 8.03. The second-order valence-corrected chi connectivity index (χ2v) is 5.25. The number of nitrogens with one attached hydrogen (secondary N) is 1. The van der Waals surface area contributed by atoms with Crippen molar-refractivity contribution < 1.29 is 0 Å². The molecule has 1 rings (SSSR count). The van der Waals surface area contributed by atoms with Crippen LogP contribution < -0.4 is 5.32 Å². The van der Waals surface area contributed by atoms with Gasteiger partial charge in [-0.15, -0.1) is 0 Å². The van der Waals surface area contributed by atoms with Crippen LogP contribution in [0.15, 0.2) is 24.3 Å². The predicted molar refractivity (Wildman–Crippen MR) is 72.9 cm³/mol. The molecule has 17 heavy (non-hydrogen) atoms. The summed E-state index contributed by atoms with van der Waals surface area (Å²) >= 11 is 0. The first kappa shape index (κ1) is 13.6. The van der Waals surface area contributed by atoms with Gasteiger partial charge in [0.2, 0.25) is 0 Å². The summed E-state index contributed by atoms with van der Waals surface area (Å²) in [4.78, 5) is 0. The van der Waals surface area contributed by atoms with Crippen LogP contribution in [0, 0.1) is 23.7 Å². The molecule has 1 aromatic rings. The van der Waals surface area contributed by atoms with Gasteiger partial charge in [-0.3, -0.25) is 0 Å². The summed E-state index contributed by atoms with van der Waals surface area (Å²) in [6.07, 6.45) is 3.18. The molecule has 1 aromatic carbocycles. The highest BCUT2D eigenvalue weighted by Crippen LogP contribution is 2.21. The average Bonchev–Trinajstić information content (AvgIpc) is 2.29. The first-order valence-electron chi connectivity index (χ1n) is 6.25. The highest BCUT2D eigenvalue weighted by atomic mass is 14.9. The molecule has 0 aliphatic rings. The fourth-order valence-electron chi connectivity index (χ4n) is 1.74. The standard InChI is InChI=1S/C15H22N2/c1-13-7-6-8-14(11-13)17-10-5-4-9-15(2,3)12-16/h6-8,11,17H,4-5,9-10H2,1-3H3. The van der Waals surface area contributed by atoms with Crippen LogP contribution in [0.2, 0.25) is 0 Å². The van der Waals surface area contributed by atoms with Crippen molar-refractivity contribution in [1.82, 2.24) is 0 Å². The lowest BCUT2D eigenvalue weighted by Crippen LogP contribution is -2.09. The Kier molecular flexibility index (Phi) is 5.03. The Morgan fingerprint density at radius 1 is 1.29 bits per heavy atom. The zero-order valence-corrected chi connectivity index (χ0v) is 11.1. The molecule has 0 amide bonds. The summed E-state index contributed by atoms with van der Waals surface area (Å²) in [5.41, 5.74) is 2.29. The minimum atomic E-state index is -0.177. The third kappa shape index (κ3) is 5.40. The Bertz CT molecular complexity index is 388. The van der Waals surface area contributed by atoms with Crippen LogP contribution in [0.3, 0.4) is 0 Å². The number of aryl methyl sites for hydroxylation is 1. The third-order valence-corrected chi connectivity index (χ3v) is 2.88. The van der Waals surface area contributed by atoms with Gasteiger partial charge in [0, 0.05) is 12.2 Å². The molecule has 1 N–H and O–H groups in total. The minimum Gasteiger partial charge on any atom is -0.385 e. The van der Waals surface area contributed by atoms with Gasteiger partial charge in [-0.05, 0) is 51.3 Å². The smallest absolute Gasteiger partial charge is 0.0683 e. The largest absolute Gasteiger partial charge is 0.385 e. The molecule has 0 saturated carbocycles. The lowest BCUT2D eigenvalue weighted by Gasteiger charge is -2.14. The summed E-state index contributed by atoms with van der Waals surface area (Å²) in [5.74, 6) is 0. The maximum atomic E-state index is 8.89. The second kappa shape index (κ2) is 6.30. The van der Waals surface area contributed by atoms with Crippen molar-refractivity contribution >= 4 is 5.69 Å². The molecule has 0 saturated heterocycles. The molecule has 0 unspecified atom stereocenters. The number of nitrogens with zero attached hydrogens (tertiary/aromatic N) is 1. The van der Waals surface area contributed by atoms with Gasteiger partial charge < -0.3 is 5.32 Å². The van der Waals surface area contributed by atoms with E-state index in [1.54, 1.807) is 0 Å². The number of hydrogen-bond acceptors (Lipinski definition) is 2. The maximum Gasteiger partial charge on any atom is 0.0683 e. The number of hydrogen-bond donors (Lipinski definition) is 1. The molecule has 0 bridgehead atoms. The van der Waals surface area contributed by atoms with E-state index in [-0.39, 0.29) is 5.41 Å². The molecule has 0 aliphatic carbocycles. The first-order valence-corrected chi connectivity index (χ1v) is 6.25. The van der Waals surface area contributed by atoms with E-state index in [1.165, 1.54) is 11.3 Å². The van der Waals surface area contributed by atoms with Crippen molar-refractivity contribution in [2.45, 2.75) is 40.0 Å². The third-order valence-electron chi connectivity index (χ3n) is 2.88. The fourth-order valence-corrected chi connectivity index (χ4v) is 1.74. The van der Waals surface area contributed by atoms with Gasteiger partial charge in [0.15, 0.2) is 0 Å². The SMILES string of the molecule is Cc1cccc(NCCCCC(C)(C)C#N)c1. The van der Waals surface area contributed by atoms with Gasteiger partial charge in [-0.25, -0.2) is 0 Å². The maximum absolute atomic E-state index is 8.89. The van der Waals surface area contributed by atoms with Gasteiger partial charge in [-0.2, -0.15) is 5.26 Å². The van der Waals surface area contributed by atoms with Crippen LogP contribution in [0.5, 0.6) is 0 Å². The van der Waals surface area contributed by atoms with Crippen LogP contribution in [-0.2, 0) is 0 Å². The van der Waals surface area contributed by atoms with Crippen LogP contribution in [0.4, 0.5) is 5.69 Å². The molecule has 0 fully saturated rings. The van der Waals surface area contributed by atoms with Crippen molar-refractivity contribution in [2.75, 3.05) is 11.9 Å². The Morgan fingerprint density at radius 3 is 2.71 bits per heavy atom. The second-order valence-electron chi connectivity index (χ2n) is 5.25. The van der Waals surface area contributed by atoms with Gasteiger partial charge >= 0.3 is 0 Å². The zero-order valence-electron chi connectivity index (χ0n) is 11.1. The number of benzene rings is 1. The van der Waals surface area contributed by atoms with Crippen molar-refractivity contribution in [3.63, 3.8) is 0 Å². The van der Waals surface area contributed by atoms with E-state index in [1.807, 2.05) is 13.8 Å². The molecule has 2 nitrogen and oxygen atoms in total. The summed E-state index contributed by atoms with van der Waals surface area (Å²) in [6, 6.07) is 10.7. The van der Waals surface area contributed by atoms with Crippen molar-refractivity contribution in [3.05, 3.63) is 29.8 Å². The quantitative estimate of drug-likeness (QED) is 0.746. The lowest BCUT2D eigenvalue weighted by molar-refractivity contribution is 0.430. The normalized spacial score (nSPS) is 10.9. The molecule has 2 heteroatoms. The molecule has 92 valence electrons. The van der Waals surface area contributed by atoms with Crippen molar-refractivity contribution in [1.29, 1.82) is 5.26 Å². The molecular formula is C15H22N2. The van der Waals surface area contributed by atoms with Crippen LogP contribution >= 0.6 is 0 Å². The number of unbranched alkanes of at least 4 members (excludes halogenated alkanes) is 1. The Balaban J connectivity index is 2.19. The van der Waals surface area contributed by atoms with E-state index in [0.29, 0.717) is 0 Å². The van der Waals surface area contributed by atoms with E-state index in [9.17, 15) is 0 Å². The fraction of sp³-hybridized carbons (Fsp3) is 0.533. The number of rotatable bonds is 6. The van der Waals surface area contributed by atoms with E-state index in [2.05, 4.69) is 42.6 Å².